The Balaban J connectivity index is 1.87. The fourth-order valence-electron chi connectivity index (χ4n) is 4.08. The number of aromatic nitrogens is 2. The highest BCUT2D eigenvalue weighted by Gasteiger charge is 2.30. The summed E-state index contributed by atoms with van der Waals surface area (Å²) < 4.78 is 36.5. The molecule has 0 saturated heterocycles. The summed E-state index contributed by atoms with van der Waals surface area (Å²) in [6.07, 6.45) is 1.72. The van der Waals surface area contributed by atoms with Crippen molar-refractivity contribution in [1.29, 1.82) is 0 Å². The molecule has 152 valence electrons. The van der Waals surface area contributed by atoms with Crippen molar-refractivity contribution in [3.8, 4) is 11.1 Å². The Hall–Kier alpha value is -3.55. The van der Waals surface area contributed by atoms with Crippen molar-refractivity contribution in [1.82, 2.24) is 9.55 Å². The standard InChI is InChI=1S/C22H17F2N3O3/c1-9-12(14-7-17(24)15(21(25)28)8-16(14)23)5-6-13-19(9)27(11-3-4-11)22(29)18-20(13)30-10(2)26-18/h5-8,11H,3-4H2,1-2H3,(H2,25,28). The molecule has 0 aliphatic heterocycles. The number of carbonyl (C=O) groups excluding carboxylic acids is 1. The molecule has 8 heteroatoms. The minimum atomic E-state index is -1.04. The molecule has 0 radical (unpaired) electrons. The van der Waals surface area contributed by atoms with Crippen LogP contribution in [0, 0.1) is 25.5 Å². The topological polar surface area (TPSA) is 91.1 Å². The first kappa shape index (κ1) is 18.5. The molecule has 1 aliphatic rings. The van der Waals surface area contributed by atoms with Crippen LogP contribution in [-0.2, 0) is 0 Å². The number of nitrogens with zero attached hydrogens (tertiary/aromatic N) is 2. The van der Waals surface area contributed by atoms with Gasteiger partial charge in [0.05, 0.1) is 11.1 Å². The highest BCUT2D eigenvalue weighted by Crippen LogP contribution is 2.40. The third kappa shape index (κ3) is 2.56. The largest absolute Gasteiger partial charge is 0.440 e. The van der Waals surface area contributed by atoms with E-state index in [4.69, 9.17) is 10.2 Å². The number of aryl methyl sites for hydroxylation is 2. The quantitative estimate of drug-likeness (QED) is 0.551. The van der Waals surface area contributed by atoms with Crippen LogP contribution in [0.1, 0.15) is 40.7 Å². The van der Waals surface area contributed by atoms with Crippen LogP contribution in [0.25, 0.3) is 33.1 Å². The second-order valence-corrected chi connectivity index (χ2v) is 7.63. The number of rotatable bonds is 3. The first-order valence-electron chi connectivity index (χ1n) is 9.52. The second kappa shape index (κ2) is 6.22. The normalized spacial score (nSPS) is 14.0. The summed E-state index contributed by atoms with van der Waals surface area (Å²) in [6, 6.07) is 5.17. The van der Waals surface area contributed by atoms with E-state index in [9.17, 15) is 18.4 Å². The van der Waals surface area contributed by atoms with Crippen molar-refractivity contribution in [2.24, 2.45) is 5.73 Å². The average molecular weight is 409 g/mol. The Bertz CT molecular complexity index is 1450. The van der Waals surface area contributed by atoms with Crippen LogP contribution in [0.5, 0.6) is 0 Å². The molecule has 1 saturated carbocycles. The number of hydrogen-bond donors (Lipinski definition) is 1. The lowest BCUT2D eigenvalue weighted by molar-refractivity contribution is 0.0996. The molecular weight excluding hydrogens is 392 g/mol. The minimum absolute atomic E-state index is 0.0134. The zero-order chi connectivity index (χ0) is 21.3. The lowest BCUT2D eigenvalue weighted by atomic mass is 9.95. The predicted molar refractivity (Wildman–Crippen MR) is 107 cm³/mol. The predicted octanol–water partition coefficient (Wildman–Crippen LogP) is 4.14. The number of hydrogen-bond acceptors (Lipinski definition) is 4. The Labute approximate surface area is 168 Å². The monoisotopic (exact) mass is 409 g/mol. The first-order valence-corrected chi connectivity index (χ1v) is 9.52. The summed E-state index contributed by atoms with van der Waals surface area (Å²) >= 11 is 0. The summed E-state index contributed by atoms with van der Waals surface area (Å²) in [5, 5.41) is 0.688. The summed E-state index contributed by atoms with van der Waals surface area (Å²) in [5.41, 5.74) is 6.62. The number of carbonyl (C=O) groups is 1. The maximum Gasteiger partial charge on any atom is 0.281 e. The zero-order valence-electron chi connectivity index (χ0n) is 16.3. The van der Waals surface area contributed by atoms with Gasteiger partial charge in [0, 0.05) is 23.9 Å². The average Bonchev–Trinajstić information content (AvgIpc) is 3.44. The molecule has 6 nitrogen and oxygen atoms in total. The molecule has 2 aromatic carbocycles. The van der Waals surface area contributed by atoms with Crippen molar-refractivity contribution >= 4 is 27.9 Å². The van der Waals surface area contributed by atoms with Crippen molar-refractivity contribution < 1.29 is 18.0 Å². The molecule has 1 aliphatic carbocycles. The lowest BCUT2D eigenvalue weighted by Crippen LogP contribution is -2.20. The molecule has 0 spiro atoms. The first-order chi connectivity index (χ1) is 14.3. The van der Waals surface area contributed by atoms with Crippen molar-refractivity contribution in [3.05, 3.63) is 63.3 Å². The third-order valence-corrected chi connectivity index (χ3v) is 5.60. The highest BCUT2D eigenvalue weighted by atomic mass is 19.1. The number of oxazole rings is 1. The zero-order valence-corrected chi connectivity index (χ0v) is 16.3. The number of nitrogens with two attached hydrogens (primary N) is 1. The number of benzene rings is 2. The molecule has 1 fully saturated rings. The van der Waals surface area contributed by atoms with Gasteiger partial charge in [-0.15, -0.1) is 0 Å². The highest BCUT2D eigenvalue weighted by molar-refractivity contribution is 6.04. The van der Waals surface area contributed by atoms with Crippen molar-refractivity contribution in [2.45, 2.75) is 32.7 Å². The van der Waals surface area contributed by atoms with Gasteiger partial charge < -0.3 is 14.7 Å². The Morgan fingerprint density at radius 1 is 1.17 bits per heavy atom. The van der Waals surface area contributed by atoms with Crippen molar-refractivity contribution in [3.63, 3.8) is 0 Å². The van der Waals surface area contributed by atoms with Gasteiger partial charge in [-0.25, -0.2) is 13.8 Å². The van der Waals surface area contributed by atoms with E-state index in [0.717, 1.165) is 25.0 Å². The van der Waals surface area contributed by atoms with E-state index in [1.54, 1.807) is 30.5 Å². The van der Waals surface area contributed by atoms with Gasteiger partial charge in [0.1, 0.15) is 11.6 Å². The van der Waals surface area contributed by atoms with E-state index < -0.39 is 23.1 Å². The number of pyridine rings is 1. The molecule has 0 atom stereocenters. The maximum atomic E-state index is 14.8. The van der Waals surface area contributed by atoms with Gasteiger partial charge in [-0.05, 0) is 49.1 Å². The third-order valence-electron chi connectivity index (χ3n) is 5.60. The summed E-state index contributed by atoms with van der Waals surface area (Å²) in [6.45, 7) is 3.43. The molecule has 2 aromatic heterocycles. The fraction of sp³-hybridized carbons (Fsp3) is 0.227. The van der Waals surface area contributed by atoms with Crippen LogP contribution >= 0.6 is 0 Å². The minimum Gasteiger partial charge on any atom is -0.440 e. The van der Waals surface area contributed by atoms with Crippen LogP contribution in [0.4, 0.5) is 8.78 Å². The molecule has 2 N–H and O–H groups in total. The summed E-state index contributed by atoms with van der Waals surface area (Å²) in [4.78, 5) is 28.7. The van der Waals surface area contributed by atoms with Crippen LogP contribution in [-0.4, -0.2) is 15.5 Å². The Kier molecular flexibility index (Phi) is 3.83. The van der Waals surface area contributed by atoms with E-state index in [-0.39, 0.29) is 22.7 Å². The molecule has 0 unspecified atom stereocenters. The molecule has 0 bridgehead atoms. The lowest BCUT2D eigenvalue weighted by Gasteiger charge is -2.16. The van der Waals surface area contributed by atoms with Gasteiger partial charge in [-0.2, -0.15) is 0 Å². The van der Waals surface area contributed by atoms with Gasteiger partial charge in [-0.1, -0.05) is 6.07 Å². The SMILES string of the molecule is Cc1nc2c(=O)n(C3CC3)c3c(C)c(-c4cc(F)c(C(N)=O)cc4F)ccc3c2o1. The van der Waals surface area contributed by atoms with Crippen LogP contribution in [0.3, 0.4) is 0 Å². The van der Waals surface area contributed by atoms with Gasteiger partial charge in [0.2, 0.25) is 0 Å². The van der Waals surface area contributed by atoms with Gasteiger partial charge in [0.25, 0.3) is 11.5 Å². The molecule has 30 heavy (non-hydrogen) atoms. The Morgan fingerprint density at radius 3 is 2.57 bits per heavy atom. The number of primary amides is 1. The van der Waals surface area contributed by atoms with Gasteiger partial charge in [0.15, 0.2) is 17.0 Å². The molecular formula is C22H17F2N3O3. The van der Waals surface area contributed by atoms with E-state index in [0.29, 0.717) is 33.5 Å². The van der Waals surface area contributed by atoms with Gasteiger partial charge in [-0.3, -0.25) is 9.59 Å². The Morgan fingerprint density at radius 2 is 1.90 bits per heavy atom. The van der Waals surface area contributed by atoms with Gasteiger partial charge >= 0.3 is 0 Å². The van der Waals surface area contributed by atoms with E-state index in [1.165, 1.54) is 0 Å². The second-order valence-electron chi connectivity index (χ2n) is 7.63. The van der Waals surface area contributed by atoms with E-state index in [1.807, 2.05) is 0 Å². The van der Waals surface area contributed by atoms with E-state index >= 15 is 0 Å². The number of halogens is 2. The molecule has 5 rings (SSSR count). The maximum absolute atomic E-state index is 14.8. The van der Waals surface area contributed by atoms with E-state index in [2.05, 4.69) is 4.98 Å². The number of fused-ring (bicyclic) bond motifs is 3. The van der Waals surface area contributed by atoms with Crippen LogP contribution < -0.4 is 11.3 Å². The van der Waals surface area contributed by atoms with Crippen LogP contribution in [0.2, 0.25) is 0 Å². The van der Waals surface area contributed by atoms with Crippen molar-refractivity contribution in [2.75, 3.05) is 0 Å². The fourth-order valence-corrected chi connectivity index (χ4v) is 4.08. The summed E-state index contributed by atoms with van der Waals surface area (Å²) in [5.74, 6) is -2.34. The van der Waals surface area contributed by atoms with Crippen LogP contribution in [0.15, 0.2) is 33.5 Å². The molecule has 4 aromatic rings. The summed E-state index contributed by atoms with van der Waals surface area (Å²) in [7, 11) is 0. The smallest absolute Gasteiger partial charge is 0.281 e. The number of amides is 1. The molecule has 2 heterocycles. The molecule has 1 amide bonds.